The maximum atomic E-state index is 12.8. The van der Waals surface area contributed by atoms with Crippen molar-refractivity contribution in [3.05, 3.63) is 24.3 Å². The van der Waals surface area contributed by atoms with Crippen molar-refractivity contribution in [3.8, 4) is 0 Å². The van der Waals surface area contributed by atoms with Gasteiger partial charge in [-0.05, 0) is 36.3 Å². The summed E-state index contributed by atoms with van der Waals surface area (Å²) in [6, 6.07) is 3.25. The first-order chi connectivity index (χ1) is 7.34. The highest BCUT2D eigenvalue weighted by Crippen LogP contribution is 2.23. The molecule has 1 aromatic rings. The summed E-state index contributed by atoms with van der Waals surface area (Å²) >= 11 is 2.02. The molecule has 0 unspecified atom stereocenters. The fourth-order valence-corrected chi connectivity index (χ4v) is 2.93. The summed E-state index contributed by atoms with van der Waals surface area (Å²) in [5, 5.41) is 3.27. The van der Waals surface area contributed by atoms with E-state index in [1.54, 1.807) is 6.07 Å². The Balaban J connectivity index is 1.81. The van der Waals surface area contributed by atoms with Crippen LogP contribution in [-0.4, -0.2) is 23.0 Å². The van der Waals surface area contributed by atoms with Crippen LogP contribution in [0.4, 0.5) is 10.1 Å². The Morgan fingerprint density at radius 3 is 3.00 bits per heavy atom. The molecule has 2 rings (SSSR count). The molecule has 2 nitrogen and oxygen atoms in total. The van der Waals surface area contributed by atoms with Gasteiger partial charge in [-0.25, -0.2) is 4.98 Å². The van der Waals surface area contributed by atoms with Gasteiger partial charge in [0.05, 0.1) is 0 Å². The molecule has 1 aliphatic heterocycles. The Kier molecular flexibility index (Phi) is 3.83. The number of rotatable bonds is 3. The molecule has 4 heteroatoms. The highest BCUT2D eigenvalue weighted by atomic mass is 32.2. The van der Waals surface area contributed by atoms with Crippen LogP contribution in [0, 0.1) is 11.9 Å². The van der Waals surface area contributed by atoms with E-state index in [4.69, 9.17) is 0 Å². The Morgan fingerprint density at radius 2 is 2.27 bits per heavy atom. The second-order valence-corrected chi connectivity index (χ2v) is 5.03. The van der Waals surface area contributed by atoms with E-state index in [0.29, 0.717) is 0 Å². The topological polar surface area (TPSA) is 24.9 Å². The van der Waals surface area contributed by atoms with Crippen LogP contribution in [0.3, 0.4) is 0 Å². The third-order valence-corrected chi connectivity index (χ3v) is 3.71. The second-order valence-electron chi connectivity index (χ2n) is 3.80. The lowest BCUT2D eigenvalue weighted by Crippen LogP contribution is -2.19. The summed E-state index contributed by atoms with van der Waals surface area (Å²) in [5.41, 5.74) is 0.834. The normalized spacial score (nSPS) is 17.7. The highest BCUT2D eigenvalue weighted by Gasteiger charge is 2.13. The Bertz CT molecular complexity index is 313. The fraction of sp³-hybridized carbons (Fsp3) is 0.545. The molecule has 1 N–H and O–H groups in total. The quantitative estimate of drug-likeness (QED) is 0.802. The van der Waals surface area contributed by atoms with E-state index < -0.39 is 5.95 Å². The first-order valence-electron chi connectivity index (χ1n) is 5.28. The van der Waals surface area contributed by atoms with Crippen LogP contribution in [0.5, 0.6) is 0 Å². The number of hydrogen-bond donors (Lipinski definition) is 1. The number of pyridine rings is 1. The summed E-state index contributed by atoms with van der Waals surface area (Å²) in [5.74, 6) is 2.84. The van der Waals surface area contributed by atoms with Crippen LogP contribution in [0.15, 0.2) is 18.3 Å². The monoisotopic (exact) mass is 226 g/mol. The van der Waals surface area contributed by atoms with Gasteiger partial charge in [0.1, 0.15) is 0 Å². The molecular weight excluding hydrogens is 211 g/mol. The average molecular weight is 226 g/mol. The van der Waals surface area contributed by atoms with Crippen molar-refractivity contribution in [1.82, 2.24) is 4.98 Å². The summed E-state index contributed by atoms with van der Waals surface area (Å²) in [7, 11) is 0. The van der Waals surface area contributed by atoms with Gasteiger partial charge in [0.15, 0.2) is 0 Å². The zero-order chi connectivity index (χ0) is 10.5. The minimum Gasteiger partial charge on any atom is -0.385 e. The Labute approximate surface area is 93.7 Å². The number of halogens is 1. The SMILES string of the molecule is Fc1cc(NCC2CCSCC2)ccn1. The van der Waals surface area contributed by atoms with Gasteiger partial charge in [-0.1, -0.05) is 0 Å². The van der Waals surface area contributed by atoms with E-state index in [0.717, 1.165) is 18.2 Å². The summed E-state index contributed by atoms with van der Waals surface area (Å²) in [4.78, 5) is 3.52. The lowest BCUT2D eigenvalue weighted by atomic mass is 10.0. The van der Waals surface area contributed by atoms with Gasteiger partial charge in [0.2, 0.25) is 5.95 Å². The van der Waals surface area contributed by atoms with Gasteiger partial charge in [0, 0.05) is 24.5 Å². The number of nitrogens with zero attached hydrogens (tertiary/aromatic N) is 1. The molecule has 1 aliphatic rings. The highest BCUT2D eigenvalue weighted by molar-refractivity contribution is 7.99. The largest absolute Gasteiger partial charge is 0.385 e. The smallest absolute Gasteiger partial charge is 0.214 e. The summed E-state index contributed by atoms with van der Waals surface area (Å²) in [6.45, 7) is 0.948. The fourth-order valence-electron chi connectivity index (χ4n) is 1.73. The molecule has 0 aliphatic carbocycles. The van der Waals surface area contributed by atoms with E-state index in [1.165, 1.54) is 36.6 Å². The molecule has 0 saturated carbocycles. The van der Waals surface area contributed by atoms with Crippen molar-refractivity contribution >= 4 is 17.4 Å². The van der Waals surface area contributed by atoms with Gasteiger partial charge in [-0.2, -0.15) is 16.2 Å². The number of thioether (sulfide) groups is 1. The van der Waals surface area contributed by atoms with Crippen molar-refractivity contribution < 1.29 is 4.39 Å². The number of aromatic nitrogens is 1. The number of hydrogen-bond acceptors (Lipinski definition) is 3. The maximum absolute atomic E-state index is 12.8. The van der Waals surface area contributed by atoms with Gasteiger partial charge in [-0.3, -0.25) is 0 Å². The minimum absolute atomic E-state index is 0.417. The third kappa shape index (κ3) is 3.38. The zero-order valence-corrected chi connectivity index (χ0v) is 9.39. The second kappa shape index (κ2) is 5.35. The van der Waals surface area contributed by atoms with E-state index in [9.17, 15) is 4.39 Å². The molecule has 2 heterocycles. The van der Waals surface area contributed by atoms with E-state index in [2.05, 4.69) is 10.3 Å². The van der Waals surface area contributed by atoms with Gasteiger partial charge in [0.25, 0.3) is 0 Å². The average Bonchev–Trinajstić information content (AvgIpc) is 2.28. The van der Waals surface area contributed by atoms with Gasteiger partial charge >= 0.3 is 0 Å². The van der Waals surface area contributed by atoms with Crippen molar-refractivity contribution in [2.45, 2.75) is 12.8 Å². The molecule has 0 bridgehead atoms. The first-order valence-corrected chi connectivity index (χ1v) is 6.43. The summed E-state index contributed by atoms with van der Waals surface area (Å²) in [6.07, 6.45) is 4.03. The molecule has 82 valence electrons. The molecule has 0 radical (unpaired) electrons. The van der Waals surface area contributed by atoms with E-state index in [-0.39, 0.29) is 0 Å². The van der Waals surface area contributed by atoms with Crippen molar-refractivity contribution in [2.75, 3.05) is 23.4 Å². The van der Waals surface area contributed by atoms with Gasteiger partial charge in [-0.15, -0.1) is 0 Å². The number of anilines is 1. The lowest BCUT2D eigenvalue weighted by Gasteiger charge is -2.21. The molecule has 15 heavy (non-hydrogen) atoms. The predicted octanol–water partition coefficient (Wildman–Crippen LogP) is 2.78. The molecule has 0 aromatic carbocycles. The van der Waals surface area contributed by atoms with Crippen molar-refractivity contribution in [2.24, 2.45) is 5.92 Å². The Morgan fingerprint density at radius 1 is 1.47 bits per heavy atom. The Hall–Kier alpha value is -0.770. The molecule has 1 aromatic heterocycles. The minimum atomic E-state index is -0.417. The molecule has 0 spiro atoms. The lowest BCUT2D eigenvalue weighted by molar-refractivity contribution is 0.515. The molecule has 0 amide bonds. The van der Waals surface area contributed by atoms with Crippen molar-refractivity contribution in [1.29, 1.82) is 0 Å². The molecule has 1 saturated heterocycles. The summed E-state index contributed by atoms with van der Waals surface area (Å²) < 4.78 is 12.8. The number of nitrogens with one attached hydrogen (secondary N) is 1. The van der Waals surface area contributed by atoms with Crippen LogP contribution < -0.4 is 5.32 Å². The zero-order valence-electron chi connectivity index (χ0n) is 8.58. The predicted molar refractivity (Wildman–Crippen MR) is 62.7 cm³/mol. The van der Waals surface area contributed by atoms with Crippen LogP contribution in [-0.2, 0) is 0 Å². The van der Waals surface area contributed by atoms with E-state index >= 15 is 0 Å². The molecule has 0 atom stereocenters. The van der Waals surface area contributed by atoms with Crippen LogP contribution in [0.2, 0.25) is 0 Å². The van der Waals surface area contributed by atoms with Crippen LogP contribution in [0.25, 0.3) is 0 Å². The first kappa shape index (κ1) is 10.7. The maximum Gasteiger partial charge on any atom is 0.214 e. The standard InChI is InChI=1S/C11H15FN2S/c12-11-7-10(1-4-13-11)14-8-9-2-5-15-6-3-9/h1,4,7,9H,2-3,5-6,8H2,(H,13,14). The van der Waals surface area contributed by atoms with Gasteiger partial charge < -0.3 is 5.32 Å². The van der Waals surface area contributed by atoms with Crippen LogP contribution >= 0.6 is 11.8 Å². The molecular formula is C11H15FN2S. The third-order valence-electron chi connectivity index (χ3n) is 2.66. The van der Waals surface area contributed by atoms with Crippen molar-refractivity contribution in [3.63, 3.8) is 0 Å². The molecule has 1 fully saturated rings. The van der Waals surface area contributed by atoms with E-state index in [1.807, 2.05) is 11.8 Å². The van der Waals surface area contributed by atoms with Crippen LogP contribution in [0.1, 0.15) is 12.8 Å².